The fourth-order valence-electron chi connectivity index (χ4n) is 2.95. The number of aromatic nitrogens is 2. The lowest BCUT2D eigenvalue weighted by atomic mass is 10.1. The lowest BCUT2D eigenvalue weighted by molar-refractivity contribution is 0.597. The summed E-state index contributed by atoms with van der Waals surface area (Å²) in [7, 11) is -3.66. The Morgan fingerprint density at radius 2 is 1.88 bits per heavy atom. The van der Waals surface area contributed by atoms with E-state index in [1.54, 1.807) is 24.6 Å². The van der Waals surface area contributed by atoms with E-state index in [2.05, 4.69) is 15.6 Å². The van der Waals surface area contributed by atoms with Crippen LogP contribution in [0.2, 0.25) is 0 Å². The van der Waals surface area contributed by atoms with E-state index in [0.717, 1.165) is 40.9 Å². The minimum Gasteiger partial charge on any atom is -0.464 e. The predicted octanol–water partition coefficient (Wildman–Crippen LogP) is 3.19. The Morgan fingerprint density at radius 3 is 2.65 bits per heavy atom. The number of aryl methyl sites for hydroxylation is 2. The van der Waals surface area contributed by atoms with Gasteiger partial charge in [0.2, 0.25) is 10.0 Å². The highest BCUT2D eigenvalue weighted by molar-refractivity contribution is 7.89. The van der Waals surface area contributed by atoms with Gasteiger partial charge in [-0.3, -0.25) is 0 Å². The van der Waals surface area contributed by atoms with Crippen molar-refractivity contribution in [2.24, 2.45) is 5.14 Å². The van der Waals surface area contributed by atoms with Gasteiger partial charge in [-0.1, -0.05) is 12.1 Å². The molecule has 7 heteroatoms. The summed E-state index contributed by atoms with van der Waals surface area (Å²) in [5.74, 6) is 0.884. The van der Waals surface area contributed by atoms with Gasteiger partial charge in [0.25, 0.3) is 0 Å². The zero-order valence-electron chi connectivity index (χ0n) is 13.9. The minimum absolute atomic E-state index is 0.123. The van der Waals surface area contributed by atoms with E-state index in [1.807, 2.05) is 24.4 Å². The van der Waals surface area contributed by atoms with E-state index in [0.29, 0.717) is 0 Å². The van der Waals surface area contributed by atoms with Crippen molar-refractivity contribution in [2.45, 2.75) is 17.9 Å². The van der Waals surface area contributed by atoms with Crippen molar-refractivity contribution in [2.75, 3.05) is 0 Å². The first-order valence-electron chi connectivity index (χ1n) is 8.11. The summed E-state index contributed by atoms with van der Waals surface area (Å²) in [6.07, 6.45) is 6.14. The number of fused-ring (bicyclic) bond motifs is 1. The first kappa shape index (κ1) is 16.6. The number of hydrogen-bond donors (Lipinski definition) is 1. The summed E-state index contributed by atoms with van der Waals surface area (Å²) in [4.78, 5) is 4.60. The smallest absolute Gasteiger partial charge is 0.238 e. The van der Waals surface area contributed by atoms with Crippen molar-refractivity contribution in [3.05, 3.63) is 72.8 Å². The van der Waals surface area contributed by atoms with Crippen LogP contribution in [0.25, 0.3) is 22.4 Å². The minimum atomic E-state index is -3.66. The Hall–Kier alpha value is -2.90. The van der Waals surface area contributed by atoms with Gasteiger partial charge < -0.3 is 8.98 Å². The van der Waals surface area contributed by atoms with E-state index < -0.39 is 10.0 Å². The highest BCUT2D eigenvalue weighted by Crippen LogP contribution is 2.24. The van der Waals surface area contributed by atoms with Crippen LogP contribution in [0.3, 0.4) is 0 Å². The Morgan fingerprint density at radius 1 is 1.08 bits per heavy atom. The van der Waals surface area contributed by atoms with E-state index in [1.165, 1.54) is 12.1 Å². The molecule has 2 N–H and O–H groups in total. The van der Waals surface area contributed by atoms with Gasteiger partial charge in [0.05, 0.1) is 11.2 Å². The lowest BCUT2D eigenvalue weighted by Gasteiger charge is -2.09. The van der Waals surface area contributed by atoms with Gasteiger partial charge in [-0.2, -0.15) is 0 Å². The molecular formula is C19H17N3O3S. The quantitative estimate of drug-likeness (QED) is 0.586. The second-order valence-electron chi connectivity index (χ2n) is 6.06. The fourth-order valence-corrected chi connectivity index (χ4v) is 3.47. The molecule has 0 amide bonds. The lowest BCUT2D eigenvalue weighted by Crippen LogP contribution is -2.12. The molecule has 0 unspecified atom stereocenters. The topological polar surface area (TPSA) is 91.1 Å². The number of furan rings is 1. The number of rotatable bonds is 5. The first-order valence-corrected chi connectivity index (χ1v) is 9.66. The van der Waals surface area contributed by atoms with Gasteiger partial charge in [-0.15, -0.1) is 0 Å². The maximum atomic E-state index is 11.3. The van der Waals surface area contributed by atoms with Gasteiger partial charge >= 0.3 is 0 Å². The molecule has 0 saturated carbocycles. The molecule has 4 aromatic rings. The molecule has 4 rings (SSSR count). The van der Waals surface area contributed by atoms with Crippen molar-refractivity contribution in [3.8, 4) is 11.4 Å². The van der Waals surface area contributed by atoms with Crippen molar-refractivity contribution in [3.63, 3.8) is 0 Å². The summed E-state index contributed by atoms with van der Waals surface area (Å²) in [6.45, 7) is 0.730. The number of sulfonamides is 1. The molecule has 132 valence electrons. The average molecular weight is 367 g/mol. The third-order valence-corrected chi connectivity index (χ3v) is 5.25. The molecule has 0 radical (unpaired) electrons. The van der Waals surface area contributed by atoms with Gasteiger partial charge in [0, 0.05) is 29.9 Å². The van der Waals surface area contributed by atoms with Crippen molar-refractivity contribution < 1.29 is 12.8 Å². The maximum Gasteiger partial charge on any atom is 0.238 e. The van der Waals surface area contributed by atoms with E-state index >= 15 is 0 Å². The largest absolute Gasteiger partial charge is 0.464 e. The number of benzene rings is 2. The maximum absolute atomic E-state index is 11.3. The van der Waals surface area contributed by atoms with Gasteiger partial charge in [0.15, 0.2) is 0 Å². The number of imidazole rings is 1. The molecule has 0 bridgehead atoms. The zero-order valence-corrected chi connectivity index (χ0v) is 14.7. The molecule has 0 aliphatic rings. The SMILES string of the molecule is NS(=O)(=O)c1ccc(CCn2ccnc2-c2ccc3occc3c2)cc1. The van der Waals surface area contributed by atoms with Gasteiger partial charge in [-0.05, 0) is 48.4 Å². The second kappa shape index (κ2) is 6.44. The summed E-state index contributed by atoms with van der Waals surface area (Å²) in [5, 5.41) is 6.16. The van der Waals surface area contributed by atoms with Crippen LogP contribution in [-0.2, 0) is 23.0 Å². The Labute approximate surface area is 150 Å². The normalized spacial score (nSPS) is 11.9. The van der Waals surface area contributed by atoms with Gasteiger partial charge in [-0.25, -0.2) is 18.5 Å². The fraction of sp³-hybridized carbons (Fsp3) is 0.105. The molecule has 2 heterocycles. The van der Waals surface area contributed by atoms with E-state index in [-0.39, 0.29) is 4.90 Å². The third-order valence-electron chi connectivity index (χ3n) is 4.32. The molecule has 6 nitrogen and oxygen atoms in total. The molecule has 2 aromatic heterocycles. The van der Waals surface area contributed by atoms with E-state index in [4.69, 9.17) is 9.56 Å². The van der Waals surface area contributed by atoms with Crippen LogP contribution < -0.4 is 5.14 Å². The average Bonchev–Trinajstić information content (AvgIpc) is 3.27. The monoisotopic (exact) mass is 367 g/mol. The number of hydrogen-bond acceptors (Lipinski definition) is 4. The highest BCUT2D eigenvalue weighted by Gasteiger charge is 2.09. The Bertz CT molecular complexity index is 1160. The van der Waals surface area contributed by atoms with Crippen LogP contribution in [0.1, 0.15) is 5.56 Å². The molecule has 26 heavy (non-hydrogen) atoms. The van der Waals surface area contributed by atoms with Crippen LogP contribution in [0, 0.1) is 0 Å². The van der Waals surface area contributed by atoms with Crippen LogP contribution in [-0.4, -0.2) is 18.0 Å². The number of nitrogens with two attached hydrogens (primary N) is 1. The van der Waals surface area contributed by atoms with Crippen LogP contribution in [0.4, 0.5) is 0 Å². The van der Waals surface area contributed by atoms with Crippen LogP contribution >= 0.6 is 0 Å². The molecule has 0 atom stereocenters. The van der Waals surface area contributed by atoms with E-state index in [9.17, 15) is 8.42 Å². The van der Waals surface area contributed by atoms with Crippen molar-refractivity contribution >= 4 is 21.0 Å². The van der Waals surface area contributed by atoms with Crippen molar-refractivity contribution in [1.82, 2.24) is 9.55 Å². The summed E-state index contributed by atoms with van der Waals surface area (Å²) < 4.78 is 30.1. The second-order valence-corrected chi connectivity index (χ2v) is 7.62. The molecule has 0 fully saturated rings. The van der Waals surface area contributed by atoms with Crippen LogP contribution in [0.15, 0.2) is 76.5 Å². The summed E-state index contributed by atoms with van der Waals surface area (Å²) in [5.41, 5.74) is 2.90. The molecule has 0 saturated heterocycles. The Balaban J connectivity index is 1.54. The number of nitrogens with zero attached hydrogens (tertiary/aromatic N) is 2. The molecule has 0 aliphatic carbocycles. The molecule has 0 aliphatic heterocycles. The zero-order chi connectivity index (χ0) is 18.1. The standard InChI is InChI=1S/C19H17N3O3S/c20-26(23,24)17-4-1-14(2-5-17)7-10-22-11-9-21-19(22)16-3-6-18-15(13-16)8-12-25-18/h1-6,8-9,11-13H,7,10H2,(H2,20,23,24). The number of primary sulfonamides is 1. The van der Waals surface area contributed by atoms with Gasteiger partial charge in [0.1, 0.15) is 11.4 Å². The molecule has 0 spiro atoms. The highest BCUT2D eigenvalue weighted by atomic mass is 32.2. The van der Waals surface area contributed by atoms with Crippen LogP contribution in [0.5, 0.6) is 0 Å². The van der Waals surface area contributed by atoms with Crippen molar-refractivity contribution in [1.29, 1.82) is 0 Å². The molecular weight excluding hydrogens is 350 g/mol. The first-order chi connectivity index (χ1) is 12.5. The summed E-state index contributed by atoms with van der Waals surface area (Å²) >= 11 is 0. The summed E-state index contributed by atoms with van der Waals surface area (Å²) in [6, 6.07) is 14.6. The molecule has 2 aromatic carbocycles. The third kappa shape index (κ3) is 3.26. The Kier molecular flexibility index (Phi) is 4.10. The predicted molar refractivity (Wildman–Crippen MR) is 99.0 cm³/mol.